The van der Waals surface area contributed by atoms with Crippen LogP contribution in [-0.4, -0.2) is 42.4 Å². The van der Waals surface area contributed by atoms with Gasteiger partial charge in [-0.05, 0) is 19.3 Å². The highest BCUT2D eigenvalue weighted by molar-refractivity contribution is 7.94. The molecule has 0 atom stereocenters. The number of hydrogen-bond acceptors (Lipinski definition) is 8. The minimum absolute atomic E-state index is 0.00337. The highest BCUT2D eigenvalue weighted by Crippen LogP contribution is 2.25. The first kappa shape index (κ1) is 17.5. The van der Waals surface area contributed by atoms with E-state index in [0.717, 1.165) is 37.3 Å². The Morgan fingerprint density at radius 2 is 1.80 bits per heavy atom. The smallest absolute Gasteiger partial charge is 0.273 e. The van der Waals surface area contributed by atoms with Gasteiger partial charge in [0.1, 0.15) is 0 Å². The molecule has 0 unspecified atom stereocenters. The second kappa shape index (κ2) is 7.31. The van der Waals surface area contributed by atoms with Gasteiger partial charge in [0, 0.05) is 20.0 Å². The number of sulfonamides is 1. The zero-order chi connectivity index (χ0) is 17.9. The third-order valence-electron chi connectivity index (χ3n) is 3.56. The molecule has 9 nitrogen and oxygen atoms in total. The Morgan fingerprint density at radius 3 is 2.44 bits per heavy atom. The molecule has 1 amide bonds. The van der Waals surface area contributed by atoms with E-state index in [-0.39, 0.29) is 20.9 Å². The summed E-state index contributed by atoms with van der Waals surface area (Å²) in [5.41, 5.74) is 0.273. The first-order valence-corrected chi connectivity index (χ1v) is 10.1. The monoisotopic (exact) mass is 382 g/mol. The summed E-state index contributed by atoms with van der Waals surface area (Å²) in [5, 5.41) is 2.68. The molecule has 134 valence electrons. The average molecular weight is 382 g/mol. The van der Waals surface area contributed by atoms with Gasteiger partial charge in [0.05, 0.1) is 24.3 Å². The molecule has 2 N–H and O–H groups in total. The average Bonchev–Trinajstić information content (AvgIpc) is 3.05. The van der Waals surface area contributed by atoms with Crippen LogP contribution in [-0.2, 0) is 14.8 Å². The van der Waals surface area contributed by atoms with Gasteiger partial charge in [-0.15, -0.1) is 0 Å². The lowest BCUT2D eigenvalue weighted by atomic mass is 10.1. The standard InChI is InChI=1S/C14H18N6O3S2/c1-10(21)18-14-17-9-12(24-14)25(22,23)19-11-7-15-13(16-8-11)20-5-3-2-4-6-20/h7-9,19H,2-6H2,1H3,(H,17,18,21). The summed E-state index contributed by atoms with van der Waals surface area (Å²) in [6.45, 7) is 3.16. The van der Waals surface area contributed by atoms with Crippen LogP contribution in [0.3, 0.4) is 0 Å². The number of rotatable bonds is 5. The van der Waals surface area contributed by atoms with Crippen LogP contribution in [0.15, 0.2) is 22.8 Å². The third kappa shape index (κ3) is 4.42. The van der Waals surface area contributed by atoms with Crippen molar-refractivity contribution in [3.63, 3.8) is 0 Å². The van der Waals surface area contributed by atoms with E-state index in [1.54, 1.807) is 0 Å². The second-order valence-corrected chi connectivity index (χ2v) is 8.53. The molecule has 0 aromatic carbocycles. The quantitative estimate of drug-likeness (QED) is 0.808. The summed E-state index contributed by atoms with van der Waals surface area (Å²) in [4.78, 5) is 25.4. The molecule has 0 radical (unpaired) electrons. The highest BCUT2D eigenvalue weighted by Gasteiger charge is 2.19. The van der Waals surface area contributed by atoms with Crippen molar-refractivity contribution >= 4 is 44.0 Å². The number of carbonyl (C=O) groups is 1. The molecule has 2 aromatic heterocycles. The van der Waals surface area contributed by atoms with Crippen molar-refractivity contribution in [3.8, 4) is 0 Å². The molecule has 3 heterocycles. The lowest BCUT2D eigenvalue weighted by Gasteiger charge is -2.26. The van der Waals surface area contributed by atoms with Crippen LogP contribution in [0.1, 0.15) is 26.2 Å². The first-order valence-electron chi connectivity index (χ1n) is 7.77. The minimum atomic E-state index is -3.80. The van der Waals surface area contributed by atoms with E-state index in [4.69, 9.17) is 0 Å². The Balaban J connectivity index is 1.70. The molecule has 0 saturated carbocycles. The molecule has 0 spiro atoms. The summed E-state index contributed by atoms with van der Waals surface area (Å²) in [6, 6.07) is 0. The SMILES string of the molecule is CC(=O)Nc1ncc(S(=O)(=O)Nc2cnc(N3CCCCC3)nc2)s1. The van der Waals surface area contributed by atoms with E-state index < -0.39 is 10.0 Å². The predicted molar refractivity (Wildman–Crippen MR) is 95.3 cm³/mol. The Hall–Kier alpha value is -2.27. The fraction of sp³-hybridized carbons (Fsp3) is 0.429. The number of thiazole rings is 1. The topological polar surface area (TPSA) is 117 Å². The van der Waals surface area contributed by atoms with E-state index in [9.17, 15) is 13.2 Å². The normalized spacial score (nSPS) is 15.0. The number of nitrogens with zero attached hydrogens (tertiary/aromatic N) is 4. The molecule has 1 aliphatic heterocycles. The van der Waals surface area contributed by atoms with Gasteiger partial charge in [0.25, 0.3) is 10.0 Å². The largest absolute Gasteiger partial charge is 0.341 e. The Morgan fingerprint density at radius 1 is 1.12 bits per heavy atom. The number of anilines is 3. The van der Waals surface area contributed by atoms with Gasteiger partial charge in [-0.1, -0.05) is 11.3 Å². The van der Waals surface area contributed by atoms with Crippen molar-refractivity contribution in [1.29, 1.82) is 0 Å². The van der Waals surface area contributed by atoms with Crippen molar-refractivity contribution in [3.05, 3.63) is 18.6 Å². The van der Waals surface area contributed by atoms with Crippen molar-refractivity contribution in [2.45, 2.75) is 30.4 Å². The fourth-order valence-corrected chi connectivity index (χ4v) is 4.53. The van der Waals surface area contributed by atoms with Gasteiger partial charge in [-0.2, -0.15) is 0 Å². The summed E-state index contributed by atoms with van der Waals surface area (Å²) >= 11 is 0.871. The van der Waals surface area contributed by atoms with E-state index in [1.165, 1.54) is 31.9 Å². The van der Waals surface area contributed by atoms with Gasteiger partial charge < -0.3 is 10.2 Å². The van der Waals surface area contributed by atoms with Crippen LogP contribution in [0.5, 0.6) is 0 Å². The number of nitrogens with one attached hydrogen (secondary N) is 2. The summed E-state index contributed by atoms with van der Waals surface area (Å²) < 4.78 is 27.2. The van der Waals surface area contributed by atoms with Crippen LogP contribution in [0.2, 0.25) is 0 Å². The van der Waals surface area contributed by atoms with Crippen molar-refractivity contribution in [1.82, 2.24) is 15.0 Å². The molecular weight excluding hydrogens is 364 g/mol. The van der Waals surface area contributed by atoms with Crippen molar-refractivity contribution < 1.29 is 13.2 Å². The van der Waals surface area contributed by atoms with Gasteiger partial charge in [0.15, 0.2) is 9.34 Å². The van der Waals surface area contributed by atoms with Gasteiger partial charge in [-0.25, -0.2) is 23.4 Å². The van der Waals surface area contributed by atoms with Crippen LogP contribution >= 0.6 is 11.3 Å². The Labute approximate surface area is 149 Å². The summed E-state index contributed by atoms with van der Waals surface area (Å²) in [6.07, 6.45) is 7.53. The zero-order valence-electron chi connectivity index (χ0n) is 13.6. The van der Waals surface area contributed by atoms with Crippen LogP contribution in [0.4, 0.5) is 16.8 Å². The molecule has 1 saturated heterocycles. The highest BCUT2D eigenvalue weighted by atomic mass is 32.2. The zero-order valence-corrected chi connectivity index (χ0v) is 15.2. The van der Waals surface area contributed by atoms with E-state index in [2.05, 4.69) is 29.9 Å². The Kier molecular flexibility index (Phi) is 5.13. The molecule has 25 heavy (non-hydrogen) atoms. The number of aromatic nitrogens is 3. The molecule has 11 heteroatoms. The molecule has 1 fully saturated rings. The van der Waals surface area contributed by atoms with Gasteiger partial charge in [0.2, 0.25) is 11.9 Å². The molecule has 2 aromatic rings. The Bertz CT molecular complexity index is 844. The number of hydrogen-bond donors (Lipinski definition) is 2. The number of carbonyl (C=O) groups excluding carboxylic acids is 1. The molecule has 0 bridgehead atoms. The lowest BCUT2D eigenvalue weighted by molar-refractivity contribution is -0.114. The minimum Gasteiger partial charge on any atom is -0.341 e. The number of piperidine rings is 1. The van der Waals surface area contributed by atoms with E-state index in [1.807, 2.05) is 0 Å². The maximum absolute atomic E-state index is 12.4. The van der Waals surface area contributed by atoms with Crippen LogP contribution < -0.4 is 14.9 Å². The summed E-state index contributed by atoms with van der Waals surface area (Å²) in [5.74, 6) is 0.293. The molecule has 1 aliphatic rings. The molecule has 0 aliphatic carbocycles. The van der Waals surface area contributed by atoms with E-state index >= 15 is 0 Å². The maximum Gasteiger partial charge on any atom is 0.273 e. The first-order chi connectivity index (χ1) is 11.9. The fourth-order valence-electron chi connectivity index (χ4n) is 2.43. The van der Waals surface area contributed by atoms with Crippen molar-refractivity contribution in [2.24, 2.45) is 0 Å². The van der Waals surface area contributed by atoms with Crippen LogP contribution in [0.25, 0.3) is 0 Å². The molecular formula is C14H18N6O3S2. The van der Waals surface area contributed by atoms with Gasteiger partial charge >= 0.3 is 0 Å². The molecule has 3 rings (SSSR count). The summed E-state index contributed by atoms with van der Waals surface area (Å²) in [7, 11) is -3.80. The third-order valence-corrected chi connectivity index (χ3v) is 6.32. The predicted octanol–water partition coefficient (Wildman–Crippen LogP) is 1.68. The van der Waals surface area contributed by atoms with Crippen molar-refractivity contribution in [2.75, 3.05) is 28.0 Å². The maximum atomic E-state index is 12.4. The second-order valence-electron chi connectivity index (χ2n) is 5.59. The van der Waals surface area contributed by atoms with Gasteiger partial charge in [-0.3, -0.25) is 9.52 Å². The lowest BCUT2D eigenvalue weighted by Crippen LogP contribution is -2.30. The van der Waals surface area contributed by atoms with Crippen LogP contribution in [0, 0.1) is 0 Å². The number of amides is 1. The van der Waals surface area contributed by atoms with E-state index in [0.29, 0.717) is 5.95 Å².